The molecule has 66 valence electrons. The van der Waals surface area contributed by atoms with Crippen molar-refractivity contribution in [1.29, 1.82) is 0 Å². The van der Waals surface area contributed by atoms with E-state index in [2.05, 4.69) is 5.32 Å². The van der Waals surface area contributed by atoms with Crippen molar-refractivity contribution >= 4 is 11.9 Å². The third-order valence-electron chi connectivity index (χ3n) is 2.57. The lowest BCUT2D eigenvalue weighted by Gasteiger charge is -2.10. The van der Waals surface area contributed by atoms with Crippen LogP contribution in [-0.4, -0.2) is 28.9 Å². The molecule has 0 radical (unpaired) electrons. The largest absolute Gasteiger partial charge is 0.326 e. The lowest BCUT2D eigenvalue weighted by Crippen LogP contribution is -2.34. The van der Waals surface area contributed by atoms with E-state index in [0.717, 1.165) is 6.42 Å². The first-order chi connectivity index (χ1) is 5.61. The third kappa shape index (κ3) is 0.906. The molecule has 3 atom stereocenters. The number of hydrogen-bond donors (Lipinski definition) is 1. The second kappa shape index (κ2) is 2.21. The number of urea groups is 1. The fourth-order valence-corrected chi connectivity index (χ4v) is 1.60. The van der Waals surface area contributed by atoms with Gasteiger partial charge in [-0.3, -0.25) is 9.69 Å². The number of imide groups is 1. The van der Waals surface area contributed by atoms with Gasteiger partial charge in [0.2, 0.25) is 0 Å². The lowest BCUT2D eigenvalue weighted by atomic mass is 10.3. The predicted octanol–water partition coefficient (Wildman–Crippen LogP) is 0.335. The molecule has 1 aliphatic carbocycles. The van der Waals surface area contributed by atoms with Crippen molar-refractivity contribution in [1.82, 2.24) is 10.2 Å². The summed E-state index contributed by atoms with van der Waals surface area (Å²) in [5, 5.41) is 2.60. The quantitative estimate of drug-likeness (QED) is 0.574. The summed E-state index contributed by atoms with van der Waals surface area (Å²) in [7, 11) is 0. The number of nitrogens with zero attached hydrogens (tertiary/aromatic N) is 1. The number of carbonyl (C=O) groups is 2. The summed E-state index contributed by atoms with van der Waals surface area (Å²) in [5.41, 5.74) is 0. The second-order valence-corrected chi connectivity index (χ2v) is 3.66. The zero-order valence-electron chi connectivity index (χ0n) is 7.20. The van der Waals surface area contributed by atoms with Gasteiger partial charge in [0.1, 0.15) is 6.04 Å². The maximum Gasteiger partial charge on any atom is 0.325 e. The first-order valence-corrected chi connectivity index (χ1v) is 4.25. The van der Waals surface area contributed by atoms with Crippen molar-refractivity contribution in [2.24, 2.45) is 5.92 Å². The molecule has 4 heteroatoms. The molecule has 1 saturated carbocycles. The highest BCUT2D eigenvalue weighted by Crippen LogP contribution is 2.36. The fourth-order valence-electron chi connectivity index (χ4n) is 1.60. The van der Waals surface area contributed by atoms with Crippen molar-refractivity contribution in [2.45, 2.75) is 32.4 Å². The van der Waals surface area contributed by atoms with Crippen LogP contribution in [0.15, 0.2) is 0 Å². The highest BCUT2D eigenvalue weighted by atomic mass is 16.2. The van der Waals surface area contributed by atoms with Crippen molar-refractivity contribution in [3.63, 3.8) is 0 Å². The van der Waals surface area contributed by atoms with E-state index < -0.39 is 0 Å². The van der Waals surface area contributed by atoms with Gasteiger partial charge in [0.05, 0.1) is 0 Å². The molecule has 3 amide bonds. The van der Waals surface area contributed by atoms with Crippen LogP contribution in [0.3, 0.4) is 0 Å². The van der Waals surface area contributed by atoms with Crippen molar-refractivity contribution in [3.05, 3.63) is 0 Å². The Bertz CT molecular complexity index is 251. The van der Waals surface area contributed by atoms with Crippen molar-refractivity contribution < 1.29 is 9.59 Å². The number of hydrogen-bond acceptors (Lipinski definition) is 2. The Hall–Kier alpha value is -1.06. The average molecular weight is 168 g/mol. The van der Waals surface area contributed by atoms with Gasteiger partial charge in [0.15, 0.2) is 0 Å². The Labute approximate surface area is 70.9 Å². The van der Waals surface area contributed by atoms with E-state index in [1.165, 1.54) is 4.90 Å². The summed E-state index contributed by atoms with van der Waals surface area (Å²) < 4.78 is 0. The molecule has 1 saturated heterocycles. The van der Waals surface area contributed by atoms with Crippen LogP contribution in [-0.2, 0) is 4.79 Å². The van der Waals surface area contributed by atoms with E-state index in [9.17, 15) is 9.59 Å². The van der Waals surface area contributed by atoms with E-state index in [0.29, 0.717) is 5.92 Å². The molecule has 4 nitrogen and oxygen atoms in total. The Balaban J connectivity index is 2.14. The van der Waals surface area contributed by atoms with Gasteiger partial charge in [-0.15, -0.1) is 0 Å². The molecule has 0 bridgehead atoms. The molecule has 0 spiro atoms. The highest BCUT2D eigenvalue weighted by molar-refractivity contribution is 6.04. The summed E-state index contributed by atoms with van der Waals surface area (Å²) in [6.07, 6.45) is 0.964. The molecule has 0 aromatic carbocycles. The number of rotatable bonds is 1. The first kappa shape index (κ1) is 7.58. The van der Waals surface area contributed by atoms with E-state index in [4.69, 9.17) is 0 Å². The molecule has 2 unspecified atom stereocenters. The Morgan fingerprint density at radius 2 is 2.00 bits per heavy atom. The van der Waals surface area contributed by atoms with E-state index in [1.54, 1.807) is 6.92 Å². The second-order valence-electron chi connectivity index (χ2n) is 3.66. The minimum Gasteiger partial charge on any atom is -0.326 e. The van der Waals surface area contributed by atoms with Gasteiger partial charge in [0.25, 0.3) is 5.91 Å². The summed E-state index contributed by atoms with van der Waals surface area (Å²) in [5.74, 6) is 0.416. The zero-order chi connectivity index (χ0) is 8.88. The van der Waals surface area contributed by atoms with Crippen LogP contribution in [0.1, 0.15) is 20.3 Å². The van der Waals surface area contributed by atoms with Crippen LogP contribution >= 0.6 is 0 Å². The smallest absolute Gasteiger partial charge is 0.325 e. The molecule has 0 aromatic rings. The minimum atomic E-state index is -0.328. The third-order valence-corrected chi connectivity index (χ3v) is 2.57. The van der Waals surface area contributed by atoms with Gasteiger partial charge in [-0.05, 0) is 19.3 Å². The molecule has 0 aromatic heterocycles. The first-order valence-electron chi connectivity index (χ1n) is 4.25. The SMILES string of the molecule is CC1CC1N1C(=O)N[C@@H](C)C1=O. The fraction of sp³-hybridized carbons (Fsp3) is 0.750. The van der Waals surface area contributed by atoms with Crippen LogP contribution in [0.4, 0.5) is 4.79 Å². The van der Waals surface area contributed by atoms with Crippen molar-refractivity contribution in [3.8, 4) is 0 Å². The number of nitrogens with one attached hydrogen (secondary N) is 1. The molecule has 2 fully saturated rings. The van der Waals surface area contributed by atoms with Crippen molar-refractivity contribution in [2.75, 3.05) is 0 Å². The van der Waals surface area contributed by atoms with Gasteiger partial charge in [-0.1, -0.05) is 6.92 Å². The maximum atomic E-state index is 11.4. The molecular weight excluding hydrogens is 156 g/mol. The summed E-state index contributed by atoms with van der Waals surface area (Å²) in [6, 6.07) is -0.380. The van der Waals surface area contributed by atoms with Crippen LogP contribution in [0.5, 0.6) is 0 Å². The Morgan fingerprint density at radius 1 is 1.42 bits per heavy atom. The van der Waals surface area contributed by atoms with Gasteiger partial charge >= 0.3 is 6.03 Å². The molecular formula is C8H12N2O2. The summed E-state index contributed by atoms with van der Waals surface area (Å²) in [4.78, 5) is 24.0. The topological polar surface area (TPSA) is 49.4 Å². The summed E-state index contributed by atoms with van der Waals surface area (Å²) in [6.45, 7) is 3.77. The number of carbonyl (C=O) groups excluding carboxylic acids is 2. The standard InChI is InChI=1S/C8H12N2O2/c1-4-3-6(4)10-7(11)5(2)9-8(10)12/h4-6H,3H2,1-2H3,(H,9,12)/t4?,5-,6?/m0/s1. The van der Waals surface area contributed by atoms with Crippen LogP contribution < -0.4 is 5.32 Å². The molecule has 1 heterocycles. The molecule has 2 rings (SSSR count). The summed E-state index contributed by atoms with van der Waals surface area (Å²) >= 11 is 0. The molecule has 1 N–H and O–H groups in total. The number of amides is 3. The van der Waals surface area contributed by atoms with E-state index in [1.807, 2.05) is 6.92 Å². The highest BCUT2D eigenvalue weighted by Gasteiger charge is 2.48. The lowest BCUT2D eigenvalue weighted by molar-refractivity contribution is -0.127. The van der Waals surface area contributed by atoms with Crippen LogP contribution in [0.2, 0.25) is 0 Å². The van der Waals surface area contributed by atoms with Gasteiger partial charge in [0, 0.05) is 6.04 Å². The van der Waals surface area contributed by atoms with Crippen LogP contribution in [0, 0.1) is 5.92 Å². The zero-order valence-corrected chi connectivity index (χ0v) is 7.20. The molecule has 1 aliphatic heterocycles. The normalized spacial score (nSPS) is 40.2. The maximum absolute atomic E-state index is 11.4. The van der Waals surface area contributed by atoms with Crippen LogP contribution in [0.25, 0.3) is 0 Å². The van der Waals surface area contributed by atoms with E-state index in [-0.39, 0.29) is 24.0 Å². The molecule has 2 aliphatic rings. The molecule has 12 heavy (non-hydrogen) atoms. The van der Waals surface area contributed by atoms with E-state index >= 15 is 0 Å². The minimum absolute atomic E-state index is 0.0747. The monoisotopic (exact) mass is 168 g/mol. The van der Waals surface area contributed by atoms with Gasteiger partial charge in [-0.2, -0.15) is 0 Å². The Kier molecular flexibility index (Phi) is 1.40. The Morgan fingerprint density at radius 3 is 2.33 bits per heavy atom. The van der Waals surface area contributed by atoms with Gasteiger partial charge < -0.3 is 5.32 Å². The predicted molar refractivity (Wildman–Crippen MR) is 42.4 cm³/mol. The van der Waals surface area contributed by atoms with Gasteiger partial charge in [-0.25, -0.2) is 4.79 Å². The average Bonchev–Trinajstić information content (AvgIpc) is 2.61.